The summed E-state index contributed by atoms with van der Waals surface area (Å²) in [6, 6.07) is 14.7. The number of anilines is 1. The monoisotopic (exact) mass is 405 g/mol. The lowest BCUT2D eigenvalue weighted by Gasteiger charge is -2.45. The first-order valence-corrected chi connectivity index (χ1v) is 10.0. The van der Waals surface area contributed by atoms with Crippen molar-refractivity contribution < 1.29 is 14.3 Å². The van der Waals surface area contributed by atoms with Crippen molar-refractivity contribution in [3.05, 3.63) is 82.0 Å². The van der Waals surface area contributed by atoms with Gasteiger partial charge in [0.2, 0.25) is 6.23 Å². The highest BCUT2D eigenvalue weighted by Gasteiger charge is 2.45. The number of carbonyl (C=O) groups excluding carboxylic acids is 2. The molecule has 5 rings (SSSR count). The average Bonchev–Trinajstić information content (AvgIpc) is 2.67. The first-order chi connectivity index (χ1) is 13.8. The molecule has 1 atom stereocenters. The van der Waals surface area contributed by atoms with Crippen molar-refractivity contribution in [1.29, 1.82) is 0 Å². The number of ether oxygens (including phenoxy) is 1. The van der Waals surface area contributed by atoms with Crippen molar-refractivity contribution in [3.63, 3.8) is 0 Å². The highest BCUT2D eigenvalue weighted by molar-refractivity contribution is 6.30. The number of nitrogens with zero attached hydrogens (tertiary/aromatic N) is 1. The molecule has 0 N–H and O–H groups in total. The van der Waals surface area contributed by atoms with Crippen molar-refractivity contribution in [2.45, 2.75) is 32.9 Å². The molecule has 0 saturated carbocycles. The Kier molecular flexibility index (Phi) is 3.97. The fourth-order valence-corrected chi connectivity index (χ4v) is 4.53. The van der Waals surface area contributed by atoms with Crippen molar-refractivity contribution in [1.82, 2.24) is 0 Å². The van der Waals surface area contributed by atoms with Crippen LogP contribution in [-0.4, -0.2) is 17.8 Å². The van der Waals surface area contributed by atoms with Crippen LogP contribution in [0.2, 0.25) is 5.02 Å². The lowest BCUT2D eigenvalue weighted by Crippen LogP contribution is -2.49. The molecule has 4 nitrogen and oxygen atoms in total. The standard InChI is InChI=1S/C24H20ClNO3/c1-24(2)12-19-17(20(27)13-24)11-18-22(28)16-5-3-4-6-21(16)29-23(18)26(19)15-9-7-14(25)8-10-15/h3-11,23H,12-13H2,1-2H3. The van der Waals surface area contributed by atoms with Gasteiger partial charge in [-0.2, -0.15) is 0 Å². The SMILES string of the molecule is CC1(C)CC(=O)C2=C(C1)N(c1ccc(Cl)cc1)C1Oc3ccccc3C(=O)C1=C2. The number of halogens is 1. The lowest BCUT2D eigenvalue weighted by molar-refractivity contribution is -0.117. The Morgan fingerprint density at radius 2 is 1.76 bits per heavy atom. The third-order valence-electron chi connectivity index (χ3n) is 5.72. The molecular formula is C24H20ClNO3. The van der Waals surface area contributed by atoms with Crippen LogP contribution >= 0.6 is 11.6 Å². The molecule has 2 aromatic rings. The summed E-state index contributed by atoms with van der Waals surface area (Å²) in [5.41, 5.74) is 3.21. The van der Waals surface area contributed by atoms with Crippen LogP contribution in [0.5, 0.6) is 5.75 Å². The zero-order valence-electron chi connectivity index (χ0n) is 16.2. The molecule has 2 heterocycles. The van der Waals surface area contributed by atoms with Gasteiger partial charge in [-0.15, -0.1) is 0 Å². The minimum absolute atomic E-state index is 0.0628. The van der Waals surface area contributed by atoms with E-state index in [4.69, 9.17) is 16.3 Å². The second-order valence-electron chi connectivity index (χ2n) is 8.54. The van der Waals surface area contributed by atoms with Gasteiger partial charge in [0.25, 0.3) is 0 Å². The van der Waals surface area contributed by atoms with E-state index < -0.39 is 6.23 Å². The van der Waals surface area contributed by atoms with E-state index in [2.05, 4.69) is 13.8 Å². The van der Waals surface area contributed by atoms with Crippen LogP contribution in [0, 0.1) is 5.41 Å². The van der Waals surface area contributed by atoms with Crippen molar-refractivity contribution in [3.8, 4) is 5.75 Å². The van der Waals surface area contributed by atoms with E-state index in [0.717, 1.165) is 17.8 Å². The van der Waals surface area contributed by atoms with Gasteiger partial charge in [0.15, 0.2) is 11.6 Å². The maximum atomic E-state index is 13.3. The van der Waals surface area contributed by atoms with Crippen LogP contribution in [-0.2, 0) is 4.79 Å². The number of rotatable bonds is 1. The molecule has 2 aromatic carbocycles. The highest BCUT2D eigenvalue weighted by Crippen LogP contribution is 2.46. The number of benzene rings is 2. The van der Waals surface area contributed by atoms with Crippen LogP contribution in [0.4, 0.5) is 5.69 Å². The summed E-state index contributed by atoms with van der Waals surface area (Å²) in [6.07, 6.45) is 2.32. The molecule has 1 aliphatic carbocycles. The van der Waals surface area contributed by atoms with Crippen molar-refractivity contribution >= 4 is 28.9 Å². The fraction of sp³-hybridized carbons (Fsp3) is 0.250. The molecule has 0 spiro atoms. The van der Waals surface area contributed by atoms with E-state index in [1.54, 1.807) is 12.1 Å². The largest absolute Gasteiger partial charge is 0.465 e. The van der Waals surface area contributed by atoms with E-state index in [0.29, 0.717) is 33.9 Å². The van der Waals surface area contributed by atoms with Gasteiger partial charge < -0.3 is 9.64 Å². The Morgan fingerprint density at radius 3 is 2.52 bits per heavy atom. The molecule has 0 aromatic heterocycles. The number of allylic oxidation sites excluding steroid dienone is 3. The van der Waals surface area contributed by atoms with Gasteiger partial charge in [-0.05, 0) is 54.3 Å². The van der Waals surface area contributed by atoms with Crippen LogP contribution in [0.1, 0.15) is 37.0 Å². The van der Waals surface area contributed by atoms with Gasteiger partial charge in [-0.1, -0.05) is 37.6 Å². The summed E-state index contributed by atoms with van der Waals surface area (Å²) < 4.78 is 6.31. The van der Waals surface area contributed by atoms with E-state index in [9.17, 15) is 9.59 Å². The average molecular weight is 406 g/mol. The van der Waals surface area contributed by atoms with Gasteiger partial charge >= 0.3 is 0 Å². The first-order valence-electron chi connectivity index (χ1n) is 9.67. The lowest BCUT2D eigenvalue weighted by atomic mass is 9.73. The summed E-state index contributed by atoms with van der Waals surface area (Å²) in [6.45, 7) is 4.19. The Labute approximate surface area is 174 Å². The third-order valence-corrected chi connectivity index (χ3v) is 5.98. The van der Waals surface area contributed by atoms with Crippen LogP contribution in [0.15, 0.2) is 71.5 Å². The Morgan fingerprint density at radius 1 is 1.03 bits per heavy atom. The van der Waals surface area contributed by atoms with Crippen molar-refractivity contribution in [2.75, 3.05) is 4.90 Å². The Balaban J connectivity index is 1.73. The predicted molar refractivity (Wildman–Crippen MR) is 112 cm³/mol. The highest BCUT2D eigenvalue weighted by atomic mass is 35.5. The summed E-state index contributed by atoms with van der Waals surface area (Å²) >= 11 is 6.10. The van der Waals surface area contributed by atoms with Gasteiger partial charge in [0.05, 0.1) is 11.1 Å². The molecule has 29 heavy (non-hydrogen) atoms. The minimum atomic E-state index is -0.612. The molecule has 0 amide bonds. The van der Waals surface area contributed by atoms with E-state index in [1.165, 1.54) is 0 Å². The van der Waals surface area contributed by atoms with Crippen LogP contribution in [0.25, 0.3) is 0 Å². The third kappa shape index (κ3) is 2.90. The Bertz CT molecular complexity index is 1110. The summed E-state index contributed by atoms with van der Waals surface area (Å²) in [4.78, 5) is 28.3. The fourth-order valence-electron chi connectivity index (χ4n) is 4.41. The molecule has 0 saturated heterocycles. The molecule has 5 heteroatoms. The molecule has 146 valence electrons. The molecule has 0 fully saturated rings. The second kappa shape index (κ2) is 6.33. The number of ketones is 2. The van der Waals surface area contributed by atoms with Gasteiger partial charge in [-0.3, -0.25) is 9.59 Å². The zero-order chi connectivity index (χ0) is 20.3. The summed E-state index contributed by atoms with van der Waals surface area (Å²) in [5, 5.41) is 0.627. The molecule has 3 aliphatic rings. The molecular weight excluding hydrogens is 386 g/mol. The number of para-hydroxylation sites is 1. The second-order valence-corrected chi connectivity index (χ2v) is 8.98. The number of fused-ring (bicyclic) bond motifs is 2. The van der Waals surface area contributed by atoms with E-state index in [-0.39, 0.29) is 17.0 Å². The Hall–Kier alpha value is -2.85. The van der Waals surface area contributed by atoms with Crippen LogP contribution < -0.4 is 9.64 Å². The topological polar surface area (TPSA) is 46.6 Å². The predicted octanol–water partition coefficient (Wildman–Crippen LogP) is 5.33. The minimum Gasteiger partial charge on any atom is -0.465 e. The van der Waals surface area contributed by atoms with Gasteiger partial charge in [0.1, 0.15) is 5.75 Å². The number of Topliss-reactive ketones (excluding diaryl/α,β-unsaturated/α-hetero) is 2. The van der Waals surface area contributed by atoms with E-state index in [1.807, 2.05) is 47.4 Å². The first kappa shape index (κ1) is 18.2. The molecule has 1 unspecified atom stereocenters. The number of carbonyl (C=O) groups is 2. The molecule has 0 bridgehead atoms. The summed E-state index contributed by atoms with van der Waals surface area (Å²) in [7, 11) is 0. The smallest absolute Gasteiger partial charge is 0.206 e. The van der Waals surface area contributed by atoms with E-state index >= 15 is 0 Å². The van der Waals surface area contributed by atoms with Gasteiger partial charge in [0, 0.05) is 28.4 Å². The normalized spacial score (nSPS) is 22.4. The number of hydrogen-bond acceptors (Lipinski definition) is 4. The summed E-state index contributed by atoms with van der Waals surface area (Å²) in [5.74, 6) is 0.525. The van der Waals surface area contributed by atoms with Crippen molar-refractivity contribution in [2.24, 2.45) is 5.41 Å². The van der Waals surface area contributed by atoms with Crippen LogP contribution in [0.3, 0.4) is 0 Å². The number of hydrogen-bond donors (Lipinski definition) is 0. The zero-order valence-corrected chi connectivity index (χ0v) is 17.0. The molecule has 2 aliphatic heterocycles. The maximum Gasteiger partial charge on any atom is 0.206 e. The molecule has 0 radical (unpaired) electrons. The maximum absolute atomic E-state index is 13.3. The van der Waals surface area contributed by atoms with Gasteiger partial charge in [-0.25, -0.2) is 0 Å². The quantitative estimate of drug-likeness (QED) is 0.643.